The van der Waals surface area contributed by atoms with Crippen molar-refractivity contribution in [3.05, 3.63) is 89.5 Å². The molecule has 12 nitrogen and oxygen atoms in total. The van der Waals surface area contributed by atoms with Crippen LogP contribution in [0.15, 0.2) is 72.8 Å². The van der Waals surface area contributed by atoms with Crippen molar-refractivity contribution in [2.45, 2.75) is 44.6 Å². The smallest absolute Gasteiger partial charge is 0.414 e. The molecule has 4 aliphatic heterocycles. The summed E-state index contributed by atoms with van der Waals surface area (Å²) in [4.78, 5) is 59.2. The van der Waals surface area contributed by atoms with Crippen molar-refractivity contribution in [3.63, 3.8) is 0 Å². The zero-order valence-electron chi connectivity index (χ0n) is 26.7. The molecule has 3 atom stereocenters. The van der Waals surface area contributed by atoms with Crippen LogP contribution in [0, 0.1) is 5.92 Å². The van der Waals surface area contributed by atoms with E-state index in [0.717, 1.165) is 16.8 Å². The van der Waals surface area contributed by atoms with E-state index in [1.165, 1.54) is 0 Å². The number of amides is 4. The molecule has 12 heteroatoms. The lowest BCUT2D eigenvalue weighted by atomic mass is 9.82. The minimum Gasteiger partial charge on any atom is -0.447 e. The molecule has 3 aromatic carbocycles. The lowest BCUT2D eigenvalue weighted by Gasteiger charge is -2.29. The second kappa shape index (κ2) is 12.9. The van der Waals surface area contributed by atoms with Crippen LogP contribution in [-0.4, -0.2) is 79.6 Å². The lowest BCUT2D eigenvalue weighted by Crippen LogP contribution is -2.44. The summed E-state index contributed by atoms with van der Waals surface area (Å²) in [6, 6.07) is 22.5. The van der Waals surface area contributed by atoms with E-state index in [0.29, 0.717) is 49.6 Å². The van der Waals surface area contributed by atoms with Crippen LogP contribution in [-0.2, 0) is 42.5 Å². The first-order chi connectivity index (χ1) is 23.3. The third kappa shape index (κ3) is 5.64. The number of anilines is 3. The molecule has 250 valence electrons. The summed E-state index contributed by atoms with van der Waals surface area (Å²) in [5.74, 6) is -0.679. The Balaban J connectivity index is 1.17. The molecule has 3 saturated heterocycles. The van der Waals surface area contributed by atoms with Crippen molar-refractivity contribution >= 4 is 41.1 Å². The molecule has 4 aliphatic rings. The van der Waals surface area contributed by atoms with Crippen LogP contribution in [0.1, 0.15) is 36.5 Å². The maximum atomic E-state index is 14.6. The third-order valence-electron chi connectivity index (χ3n) is 9.66. The Morgan fingerprint density at radius 1 is 0.896 bits per heavy atom. The zero-order valence-corrected chi connectivity index (χ0v) is 26.7. The Morgan fingerprint density at radius 2 is 1.56 bits per heavy atom. The first-order valence-electron chi connectivity index (χ1n) is 16.3. The molecule has 0 bridgehead atoms. The van der Waals surface area contributed by atoms with Gasteiger partial charge in [-0.2, -0.15) is 0 Å². The number of carbonyl (C=O) groups is 4. The molecular weight excluding hydrogens is 616 g/mol. The number of carbonyl (C=O) groups excluding carboxylic acids is 4. The average molecular weight is 655 g/mol. The van der Waals surface area contributed by atoms with Crippen LogP contribution in [0.4, 0.5) is 26.7 Å². The van der Waals surface area contributed by atoms with Gasteiger partial charge in [0, 0.05) is 35.9 Å². The molecule has 48 heavy (non-hydrogen) atoms. The highest BCUT2D eigenvalue weighted by atomic mass is 16.6. The summed E-state index contributed by atoms with van der Waals surface area (Å²) in [5.41, 5.74) is 3.10. The van der Waals surface area contributed by atoms with E-state index in [-0.39, 0.29) is 56.5 Å². The molecule has 0 unspecified atom stereocenters. The molecular formula is C36H38N4O8. The number of benzene rings is 3. The minimum absolute atomic E-state index is 0.0556. The highest BCUT2D eigenvalue weighted by Crippen LogP contribution is 2.54. The number of nitrogens with zero attached hydrogens (tertiary/aromatic N) is 4. The largest absolute Gasteiger partial charge is 0.447 e. The molecule has 1 spiro atoms. The van der Waals surface area contributed by atoms with E-state index in [1.54, 1.807) is 19.6 Å². The van der Waals surface area contributed by atoms with Crippen molar-refractivity contribution in [2.75, 3.05) is 54.2 Å². The van der Waals surface area contributed by atoms with Crippen LogP contribution in [0.3, 0.4) is 0 Å². The maximum absolute atomic E-state index is 14.6. The third-order valence-corrected chi connectivity index (χ3v) is 9.66. The van der Waals surface area contributed by atoms with Crippen molar-refractivity contribution in [1.82, 2.24) is 4.90 Å². The summed E-state index contributed by atoms with van der Waals surface area (Å²) >= 11 is 0. The van der Waals surface area contributed by atoms with Gasteiger partial charge in [-0.25, -0.2) is 9.59 Å². The molecule has 7 rings (SSSR count). The summed E-state index contributed by atoms with van der Waals surface area (Å²) < 4.78 is 17.0. The standard InChI is InChI=1S/C36H38N4O8/c1-24-19-29(21-32(42)37(13-16-41)22-25-5-3-2-4-6-25)48-36(24)30-20-28(39-15-18-47-35(39)45)11-12-31(30)40(33(36)43)23-26-7-9-27(10-8-26)38-14-17-46-34(38)44/h2-12,20,24,29,41H,13-19,21-23H2,1H3/t24-,29-,36+/m0/s1. The van der Waals surface area contributed by atoms with Gasteiger partial charge >= 0.3 is 12.2 Å². The van der Waals surface area contributed by atoms with E-state index in [4.69, 9.17) is 14.2 Å². The lowest BCUT2D eigenvalue weighted by molar-refractivity contribution is -0.150. The fourth-order valence-corrected chi connectivity index (χ4v) is 7.27. The number of fused-ring (bicyclic) bond motifs is 2. The van der Waals surface area contributed by atoms with Gasteiger partial charge in [-0.05, 0) is 47.9 Å². The Kier molecular flexibility index (Phi) is 8.52. The molecule has 4 amide bonds. The van der Waals surface area contributed by atoms with E-state index in [1.807, 2.05) is 79.7 Å². The summed E-state index contributed by atoms with van der Waals surface area (Å²) in [5, 5.41) is 9.71. The fraction of sp³-hybridized carbons (Fsp3) is 0.389. The molecule has 3 aromatic rings. The van der Waals surface area contributed by atoms with Crippen LogP contribution in [0.5, 0.6) is 0 Å². The van der Waals surface area contributed by atoms with Crippen LogP contribution >= 0.6 is 0 Å². The van der Waals surface area contributed by atoms with Gasteiger partial charge in [0.2, 0.25) is 5.91 Å². The number of hydrogen-bond acceptors (Lipinski definition) is 8. The maximum Gasteiger partial charge on any atom is 0.414 e. The van der Waals surface area contributed by atoms with E-state index in [2.05, 4.69) is 0 Å². The fourth-order valence-electron chi connectivity index (χ4n) is 7.27. The van der Waals surface area contributed by atoms with Gasteiger partial charge in [0.1, 0.15) is 13.2 Å². The Labute approximate surface area is 278 Å². The average Bonchev–Trinajstić information content (AvgIpc) is 3.85. The number of aliphatic hydroxyl groups is 1. The second-order valence-corrected chi connectivity index (χ2v) is 12.6. The number of rotatable bonds is 10. The first kappa shape index (κ1) is 31.6. The van der Waals surface area contributed by atoms with Gasteiger partial charge in [-0.15, -0.1) is 0 Å². The number of aliphatic hydroxyl groups excluding tert-OH is 1. The molecule has 0 aromatic heterocycles. The number of ether oxygens (including phenoxy) is 3. The van der Waals surface area contributed by atoms with Gasteiger partial charge in [0.25, 0.3) is 5.91 Å². The Hall–Kier alpha value is -4.94. The van der Waals surface area contributed by atoms with E-state index >= 15 is 0 Å². The molecule has 0 aliphatic carbocycles. The SMILES string of the molecule is C[C@H]1C[C@@H](CC(=O)N(CCO)Cc2ccccc2)O[C@]12C(=O)N(Cc1ccc(N3CCOC3=O)cc1)c1ccc(N3CCOC3=O)cc12. The van der Waals surface area contributed by atoms with Gasteiger partial charge in [-0.1, -0.05) is 49.4 Å². The van der Waals surface area contributed by atoms with Gasteiger partial charge < -0.3 is 29.1 Å². The first-order valence-corrected chi connectivity index (χ1v) is 16.3. The second-order valence-electron chi connectivity index (χ2n) is 12.6. The molecule has 1 N–H and O–H groups in total. The van der Waals surface area contributed by atoms with Gasteiger partial charge in [0.05, 0.1) is 44.5 Å². The topological polar surface area (TPSA) is 129 Å². The van der Waals surface area contributed by atoms with Crippen molar-refractivity contribution in [3.8, 4) is 0 Å². The van der Waals surface area contributed by atoms with Gasteiger partial charge in [-0.3, -0.25) is 19.4 Å². The Morgan fingerprint density at radius 3 is 2.21 bits per heavy atom. The van der Waals surface area contributed by atoms with Crippen molar-refractivity contribution in [1.29, 1.82) is 0 Å². The summed E-state index contributed by atoms with van der Waals surface area (Å²) in [6.07, 6.45) is -0.842. The van der Waals surface area contributed by atoms with Crippen LogP contribution in [0.2, 0.25) is 0 Å². The van der Waals surface area contributed by atoms with Crippen molar-refractivity contribution in [2.24, 2.45) is 5.92 Å². The van der Waals surface area contributed by atoms with E-state index in [9.17, 15) is 24.3 Å². The molecule has 4 heterocycles. The number of cyclic esters (lactones) is 2. The normalized spacial score (nSPS) is 23.2. The van der Waals surface area contributed by atoms with Crippen LogP contribution in [0.25, 0.3) is 0 Å². The predicted molar refractivity (Wildman–Crippen MR) is 175 cm³/mol. The summed E-state index contributed by atoms with van der Waals surface area (Å²) in [7, 11) is 0. The van der Waals surface area contributed by atoms with E-state index < -0.39 is 17.8 Å². The summed E-state index contributed by atoms with van der Waals surface area (Å²) in [6.45, 7) is 4.09. The zero-order chi connectivity index (χ0) is 33.4. The molecule has 0 radical (unpaired) electrons. The number of hydrogen-bond donors (Lipinski definition) is 1. The highest BCUT2D eigenvalue weighted by Gasteiger charge is 2.60. The Bertz CT molecular complexity index is 1720. The quantitative estimate of drug-likeness (QED) is 0.345. The molecule has 0 saturated carbocycles. The van der Waals surface area contributed by atoms with Crippen molar-refractivity contribution < 1.29 is 38.5 Å². The molecule has 3 fully saturated rings. The monoisotopic (exact) mass is 654 g/mol. The van der Waals surface area contributed by atoms with Gasteiger partial charge in [0.15, 0.2) is 5.60 Å². The predicted octanol–water partition coefficient (Wildman–Crippen LogP) is 4.18. The minimum atomic E-state index is -1.36. The highest BCUT2D eigenvalue weighted by molar-refractivity contribution is 6.08. The van der Waals surface area contributed by atoms with Crippen LogP contribution < -0.4 is 14.7 Å².